The van der Waals surface area contributed by atoms with Crippen molar-refractivity contribution in [3.8, 4) is 11.1 Å². The molecule has 0 saturated heterocycles. The minimum Gasteiger partial charge on any atom is -0.477 e. The summed E-state index contributed by atoms with van der Waals surface area (Å²) in [5, 5.41) is 18.5. The molecule has 4 aromatic rings. The number of nitrogens with one attached hydrogen (secondary N) is 3. The first kappa shape index (κ1) is 22.0. The normalized spacial score (nSPS) is 11.7. The number of aromatic nitrogens is 1. The van der Waals surface area contributed by atoms with Crippen LogP contribution in [0.4, 0.5) is 5.69 Å². The molecule has 0 radical (unpaired) electrons. The second-order valence-electron chi connectivity index (χ2n) is 7.37. The zero-order valence-electron chi connectivity index (χ0n) is 17.4. The van der Waals surface area contributed by atoms with Gasteiger partial charge in [-0.15, -0.1) is 0 Å². The predicted molar refractivity (Wildman–Crippen MR) is 127 cm³/mol. The Bertz CT molecular complexity index is 1410. The van der Waals surface area contributed by atoms with E-state index in [0.717, 1.165) is 17.3 Å². The van der Waals surface area contributed by atoms with E-state index in [0.29, 0.717) is 16.8 Å². The van der Waals surface area contributed by atoms with E-state index in [2.05, 4.69) is 15.6 Å². The Morgan fingerprint density at radius 3 is 2.45 bits per heavy atom. The highest BCUT2D eigenvalue weighted by atomic mass is 32.1. The summed E-state index contributed by atoms with van der Waals surface area (Å²) in [5.41, 5.74) is 2.20. The maximum absolute atomic E-state index is 12.6. The van der Waals surface area contributed by atoms with Crippen molar-refractivity contribution in [2.45, 2.75) is 13.0 Å². The number of carbonyl (C=O) groups excluding carboxylic acids is 2. The van der Waals surface area contributed by atoms with E-state index >= 15 is 0 Å². The zero-order valence-corrected chi connectivity index (χ0v) is 18.2. The standard InChI is InChI=1S/C24H19N3O5S/c1-13(26-23(30)15-4-2-14(3-5-15)16-8-9-33-12-16)22(29)27-17-6-7-20-18(10-17)21(28)19(11-25-20)24(31)32/h2-13H,1H3,(H,25,28)(H,26,30)(H,27,29)(H,31,32)/t13-/m0/s1. The number of aromatic amines is 1. The Hall–Kier alpha value is -4.24. The van der Waals surface area contributed by atoms with E-state index in [9.17, 15) is 19.2 Å². The van der Waals surface area contributed by atoms with Crippen molar-refractivity contribution in [1.82, 2.24) is 10.3 Å². The van der Waals surface area contributed by atoms with E-state index < -0.39 is 34.8 Å². The molecule has 2 amide bonds. The summed E-state index contributed by atoms with van der Waals surface area (Å²) in [7, 11) is 0. The van der Waals surface area contributed by atoms with Crippen molar-refractivity contribution in [2.24, 2.45) is 0 Å². The number of carbonyl (C=O) groups is 3. The number of pyridine rings is 1. The highest BCUT2D eigenvalue weighted by Crippen LogP contribution is 2.22. The van der Waals surface area contributed by atoms with E-state index in [4.69, 9.17) is 5.11 Å². The van der Waals surface area contributed by atoms with Crippen molar-refractivity contribution in [1.29, 1.82) is 0 Å². The van der Waals surface area contributed by atoms with Crippen LogP contribution in [-0.2, 0) is 4.79 Å². The number of fused-ring (bicyclic) bond motifs is 1. The maximum Gasteiger partial charge on any atom is 0.341 e. The molecule has 0 spiro atoms. The lowest BCUT2D eigenvalue weighted by molar-refractivity contribution is -0.117. The Morgan fingerprint density at radius 1 is 1.03 bits per heavy atom. The number of benzene rings is 2. The van der Waals surface area contributed by atoms with Gasteiger partial charge in [-0.2, -0.15) is 11.3 Å². The number of carboxylic acid groups (broad SMARTS) is 1. The van der Waals surface area contributed by atoms with Gasteiger partial charge in [-0.1, -0.05) is 12.1 Å². The quantitative estimate of drug-likeness (QED) is 0.348. The van der Waals surface area contributed by atoms with Gasteiger partial charge in [0.15, 0.2) is 0 Å². The van der Waals surface area contributed by atoms with Gasteiger partial charge in [0.1, 0.15) is 11.6 Å². The molecule has 0 bridgehead atoms. The molecule has 0 aliphatic heterocycles. The fraction of sp³-hybridized carbons (Fsp3) is 0.0833. The number of carboxylic acids is 1. The van der Waals surface area contributed by atoms with Crippen LogP contribution in [0, 0.1) is 0 Å². The number of H-pyrrole nitrogens is 1. The topological polar surface area (TPSA) is 128 Å². The molecule has 1 atom stereocenters. The largest absolute Gasteiger partial charge is 0.477 e. The minimum absolute atomic E-state index is 0.134. The molecule has 33 heavy (non-hydrogen) atoms. The SMILES string of the molecule is C[C@H](NC(=O)c1ccc(-c2ccsc2)cc1)C(=O)Nc1ccc2[nH]cc(C(=O)O)c(=O)c2c1. The number of thiophene rings is 1. The van der Waals surface area contributed by atoms with Crippen LogP contribution in [0.5, 0.6) is 0 Å². The third-order valence-corrected chi connectivity index (χ3v) is 5.80. The van der Waals surface area contributed by atoms with Crippen molar-refractivity contribution < 1.29 is 19.5 Å². The molecule has 0 unspecified atom stereocenters. The average Bonchev–Trinajstić information content (AvgIpc) is 3.34. The molecule has 2 aromatic heterocycles. The number of hydrogen-bond acceptors (Lipinski definition) is 5. The van der Waals surface area contributed by atoms with E-state index in [1.807, 2.05) is 29.0 Å². The molecule has 0 saturated carbocycles. The van der Waals surface area contributed by atoms with Gasteiger partial charge in [-0.3, -0.25) is 14.4 Å². The lowest BCUT2D eigenvalue weighted by atomic mass is 10.1. The second-order valence-corrected chi connectivity index (χ2v) is 8.15. The number of rotatable bonds is 6. The van der Waals surface area contributed by atoms with Crippen LogP contribution in [-0.4, -0.2) is 33.9 Å². The van der Waals surface area contributed by atoms with Crippen molar-refractivity contribution in [3.63, 3.8) is 0 Å². The fourth-order valence-corrected chi connectivity index (χ4v) is 3.96. The lowest BCUT2D eigenvalue weighted by Crippen LogP contribution is -2.41. The molecule has 2 heterocycles. The highest BCUT2D eigenvalue weighted by Gasteiger charge is 2.18. The second kappa shape index (κ2) is 9.09. The predicted octanol–water partition coefficient (Wildman–Crippen LogP) is 3.71. The molecule has 0 aliphatic rings. The first-order valence-corrected chi connectivity index (χ1v) is 10.9. The van der Waals surface area contributed by atoms with Crippen LogP contribution < -0.4 is 16.1 Å². The lowest BCUT2D eigenvalue weighted by Gasteiger charge is -2.15. The maximum atomic E-state index is 12.6. The van der Waals surface area contributed by atoms with Gasteiger partial charge in [-0.05, 0) is 65.2 Å². The number of aromatic carboxylic acids is 1. The van der Waals surface area contributed by atoms with Crippen LogP contribution in [0.15, 0.2) is 70.3 Å². The zero-order chi connectivity index (χ0) is 23.5. The van der Waals surface area contributed by atoms with Gasteiger partial charge >= 0.3 is 5.97 Å². The van der Waals surface area contributed by atoms with Crippen LogP contribution in [0.25, 0.3) is 22.0 Å². The summed E-state index contributed by atoms with van der Waals surface area (Å²) >= 11 is 1.59. The van der Waals surface area contributed by atoms with Gasteiger partial charge in [-0.25, -0.2) is 4.79 Å². The number of amides is 2. The molecular weight excluding hydrogens is 442 g/mol. The van der Waals surface area contributed by atoms with Crippen LogP contribution in [0.3, 0.4) is 0 Å². The third-order valence-electron chi connectivity index (χ3n) is 5.12. The van der Waals surface area contributed by atoms with Crippen LogP contribution >= 0.6 is 11.3 Å². The molecule has 2 aromatic carbocycles. The Morgan fingerprint density at radius 2 is 1.79 bits per heavy atom. The van der Waals surface area contributed by atoms with Crippen molar-refractivity contribution >= 4 is 45.7 Å². The third kappa shape index (κ3) is 4.68. The molecule has 0 fully saturated rings. The van der Waals surface area contributed by atoms with E-state index in [1.165, 1.54) is 6.07 Å². The average molecular weight is 461 g/mol. The van der Waals surface area contributed by atoms with Gasteiger partial charge in [0, 0.05) is 28.4 Å². The van der Waals surface area contributed by atoms with Gasteiger partial charge in [0.2, 0.25) is 11.3 Å². The number of hydrogen-bond donors (Lipinski definition) is 4. The van der Waals surface area contributed by atoms with Gasteiger partial charge in [0.05, 0.1) is 0 Å². The summed E-state index contributed by atoms with van der Waals surface area (Å²) in [5.74, 6) is -2.22. The minimum atomic E-state index is -1.34. The summed E-state index contributed by atoms with van der Waals surface area (Å²) in [6.07, 6.45) is 1.13. The molecule has 0 aliphatic carbocycles. The molecular formula is C24H19N3O5S. The molecule has 4 N–H and O–H groups in total. The summed E-state index contributed by atoms with van der Waals surface area (Å²) in [6, 6.07) is 12.8. The summed E-state index contributed by atoms with van der Waals surface area (Å²) in [6.45, 7) is 1.54. The highest BCUT2D eigenvalue weighted by molar-refractivity contribution is 7.08. The molecule has 166 valence electrons. The van der Waals surface area contributed by atoms with E-state index in [1.54, 1.807) is 42.5 Å². The van der Waals surface area contributed by atoms with Gasteiger partial charge in [0.25, 0.3) is 5.91 Å². The van der Waals surface area contributed by atoms with Crippen LogP contribution in [0.2, 0.25) is 0 Å². The monoisotopic (exact) mass is 461 g/mol. The molecule has 8 nitrogen and oxygen atoms in total. The Labute approximate surface area is 191 Å². The first-order valence-electron chi connectivity index (χ1n) is 9.96. The van der Waals surface area contributed by atoms with Gasteiger partial charge < -0.3 is 20.7 Å². The first-order chi connectivity index (χ1) is 15.8. The smallest absolute Gasteiger partial charge is 0.341 e. The Kier molecular flexibility index (Phi) is 6.05. The number of anilines is 1. The summed E-state index contributed by atoms with van der Waals surface area (Å²) in [4.78, 5) is 51.4. The van der Waals surface area contributed by atoms with Crippen LogP contribution in [0.1, 0.15) is 27.6 Å². The van der Waals surface area contributed by atoms with Crippen molar-refractivity contribution in [3.05, 3.63) is 86.8 Å². The van der Waals surface area contributed by atoms with Crippen molar-refractivity contribution in [2.75, 3.05) is 5.32 Å². The fourth-order valence-electron chi connectivity index (χ4n) is 3.29. The van der Waals surface area contributed by atoms with E-state index in [-0.39, 0.29) is 5.39 Å². The molecule has 9 heteroatoms. The summed E-state index contributed by atoms with van der Waals surface area (Å²) < 4.78 is 0. The Balaban J connectivity index is 1.44. The molecule has 4 rings (SSSR count).